The van der Waals surface area contributed by atoms with Crippen LogP contribution in [0.25, 0.3) is 10.2 Å². The van der Waals surface area contributed by atoms with Crippen LogP contribution < -0.4 is 5.56 Å². The lowest BCUT2D eigenvalue weighted by Gasteiger charge is -2.00. The predicted octanol–water partition coefficient (Wildman–Crippen LogP) is 2.34. The number of fused-ring (bicyclic) bond motifs is 1. The van der Waals surface area contributed by atoms with Crippen LogP contribution in [0.15, 0.2) is 9.95 Å². The number of hydrogen-bond acceptors (Lipinski definition) is 5. The number of thiophene rings is 1. The normalized spacial score (nSPS) is 11.2. The number of thioether (sulfide) groups is 1. The number of aromatic nitrogens is 2. The van der Waals surface area contributed by atoms with Gasteiger partial charge in [-0.15, -0.1) is 11.3 Å². The van der Waals surface area contributed by atoms with Gasteiger partial charge in [0.15, 0.2) is 5.16 Å². The van der Waals surface area contributed by atoms with E-state index in [-0.39, 0.29) is 5.56 Å². The van der Waals surface area contributed by atoms with Crippen LogP contribution in [0.2, 0.25) is 0 Å². The second-order valence-electron chi connectivity index (χ2n) is 3.68. The Morgan fingerprint density at radius 3 is 2.94 bits per heavy atom. The average molecular weight is 270 g/mol. The maximum absolute atomic E-state index is 11.9. The molecule has 1 N–H and O–H groups in total. The van der Waals surface area contributed by atoms with Gasteiger partial charge in [-0.25, -0.2) is 4.98 Å². The fourth-order valence-electron chi connectivity index (χ4n) is 1.52. The lowest BCUT2D eigenvalue weighted by atomic mass is 10.2. The molecule has 2 aromatic rings. The smallest absolute Gasteiger partial charge is 0.260 e. The molecule has 2 heterocycles. The van der Waals surface area contributed by atoms with Gasteiger partial charge in [0.05, 0.1) is 12.0 Å². The molecule has 0 aliphatic rings. The van der Waals surface area contributed by atoms with Gasteiger partial charge in [0.1, 0.15) is 4.83 Å². The van der Waals surface area contributed by atoms with E-state index in [0.29, 0.717) is 11.8 Å². The van der Waals surface area contributed by atoms with Gasteiger partial charge in [-0.1, -0.05) is 11.8 Å². The first-order valence-electron chi connectivity index (χ1n) is 5.25. The fraction of sp³-hybridized carbons (Fsp3) is 0.455. The highest BCUT2D eigenvalue weighted by atomic mass is 32.2. The molecule has 0 fully saturated rings. The first-order chi connectivity index (χ1) is 8.13. The molecular weight excluding hydrogens is 256 g/mol. The van der Waals surface area contributed by atoms with Crippen LogP contribution in [-0.2, 0) is 4.74 Å². The number of ether oxygens (including phenoxy) is 1. The topological polar surface area (TPSA) is 55.0 Å². The molecule has 4 nitrogen and oxygen atoms in total. The summed E-state index contributed by atoms with van der Waals surface area (Å²) in [7, 11) is 1.66. The molecule has 0 aromatic carbocycles. The molecule has 0 amide bonds. The lowest BCUT2D eigenvalue weighted by molar-refractivity contribution is 0.218. The Balaban J connectivity index is 2.39. The maximum Gasteiger partial charge on any atom is 0.260 e. The van der Waals surface area contributed by atoms with Gasteiger partial charge in [0.25, 0.3) is 5.56 Å². The van der Waals surface area contributed by atoms with E-state index in [9.17, 15) is 4.79 Å². The van der Waals surface area contributed by atoms with Gasteiger partial charge >= 0.3 is 0 Å². The van der Waals surface area contributed by atoms with Gasteiger partial charge in [0.2, 0.25) is 0 Å². The van der Waals surface area contributed by atoms with Crippen LogP contribution in [0.3, 0.4) is 0 Å². The van der Waals surface area contributed by atoms with Crippen molar-refractivity contribution in [3.05, 3.63) is 20.8 Å². The zero-order valence-electron chi connectivity index (χ0n) is 9.99. The highest BCUT2D eigenvalue weighted by Gasteiger charge is 2.11. The third kappa shape index (κ3) is 2.53. The number of hydrogen-bond donors (Lipinski definition) is 1. The molecule has 0 saturated carbocycles. The maximum atomic E-state index is 11.9. The van der Waals surface area contributed by atoms with Crippen molar-refractivity contribution in [3.8, 4) is 0 Å². The van der Waals surface area contributed by atoms with Crippen LogP contribution in [-0.4, -0.2) is 29.4 Å². The van der Waals surface area contributed by atoms with E-state index in [1.165, 1.54) is 11.8 Å². The minimum Gasteiger partial charge on any atom is -0.384 e. The van der Waals surface area contributed by atoms with Crippen molar-refractivity contribution in [1.82, 2.24) is 9.97 Å². The van der Waals surface area contributed by atoms with Crippen molar-refractivity contribution in [2.75, 3.05) is 19.5 Å². The number of aromatic amines is 1. The quantitative estimate of drug-likeness (QED) is 0.526. The number of nitrogens with one attached hydrogen (secondary N) is 1. The molecule has 2 aromatic heterocycles. The van der Waals surface area contributed by atoms with Gasteiger partial charge in [-0.3, -0.25) is 4.79 Å². The molecule has 0 bridgehead atoms. The van der Waals surface area contributed by atoms with Crippen molar-refractivity contribution in [3.63, 3.8) is 0 Å². The van der Waals surface area contributed by atoms with Crippen LogP contribution in [0.5, 0.6) is 0 Å². The standard InChI is InChI=1S/C11H14N2O2S2/c1-6-7(2)17-10-8(6)9(14)12-11(13-10)16-5-4-15-3/h4-5H2,1-3H3,(H,12,13,14). The van der Waals surface area contributed by atoms with E-state index in [4.69, 9.17) is 4.74 Å². The number of aryl methyl sites for hydroxylation is 2. The molecule has 0 saturated heterocycles. The van der Waals surface area contributed by atoms with E-state index in [2.05, 4.69) is 9.97 Å². The first kappa shape index (κ1) is 12.6. The Morgan fingerprint density at radius 1 is 1.47 bits per heavy atom. The molecule has 0 aliphatic heterocycles. The summed E-state index contributed by atoms with van der Waals surface area (Å²) in [5.41, 5.74) is 0.990. The molecule has 17 heavy (non-hydrogen) atoms. The summed E-state index contributed by atoms with van der Waals surface area (Å²) < 4.78 is 4.97. The van der Waals surface area contributed by atoms with E-state index >= 15 is 0 Å². The van der Waals surface area contributed by atoms with E-state index in [1.54, 1.807) is 18.4 Å². The van der Waals surface area contributed by atoms with Crippen molar-refractivity contribution < 1.29 is 4.74 Å². The average Bonchev–Trinajstić information content (AvgIpc) is 2.55. The van der Waals surface area contributed by atoms with Crippen molar-refractivity contribution in [2.24, 2.45) is 0 Å². The van der Waals surface area contributed by atoms with E-state index in [1.807, 2.05) is 13.8 Å². The highest BCUT2D eigenvalue weighted by molar-refractivity contribution is 7.99. The monoisotopic (exact) mass is 270 g/mol. The Bertz CT molecular complexity index is 589. The summed E-state index contributed by atoms with van der Waals surface area (Å²) >= 11 is 3.07. The summed E-state index contributed by atoms with van der Waals surface area (Å²) in [6, 6.07) is 0. The minimum atomic E-state index is -0.0447. The van der Waals surface area contributed by atoms with Gasteiger partial charge < -0.3 is 9.72 Å². The molecule has 0 spiro atoms. The zero-order valence-corrected chi connectivity index (χ0v) is 11.6. The molecular formula is C11H14N2O2S2. The summed E-state index contributed by atoms with van der Waals surface area (Å²) in [5, 5.41) is 1.39. The molecule has 0 atom stereocenters. The highest BCUT2D eigenvalue weighted by Crippen LogP contribution is 2.27. The lowest BCUT2D eigenvalue weighted by Crippen LogP contribution is -2.09. The molecule has 6 heteroatoms. The second-order valence-corrected chi connectivity index (χ2v) is 5.96. The van der Waals surface area contributed by atoms with Crippen LogP contribution in [0, 0.1) is 13.8 Å². The van der Waals surface area contributed by atoms with Crippen LogP contribution in [0.1, 0.15) is 10.4 Å². The summed E-state index contributed by atoms with van der Waals surface area (Å²) in [6.45, 7) is 4.62. The van der Waals surface area contributed by atoms with Crippen LogP contribution >= 0.6 is 23.1 Å². The Kier molecular flexibility index (Phi) is 3.86. The predicted molar refractivity (Wildman–Crippen MR) is 72.3 cm³/mol. The van der Waals surface area contributed by atoms with Crippen LogP contribution in [0.4, 0.5) is 0 Å². The summed E-state index contributed by atoms with van der Waals surface area (Å²) in [4.78, 5) is 21.2. The minimum absolute atomic E-state index is 0.0447. The van der Waals surface area contributed by atoms with Gasteiger partial charge in [0, 0.05) is 17.7 Å². The molecule has 0 aliphatic carbocycles. The van der Waals surface area contributed by atoms with E-state index in [0.717, 1.165) is 26.4 Å². The Hall–Kier alpha value is -0.850. The summed E-state index contributed by atoms with van der Waals surface area (Å²) in [5.74, 6) is 0.786. The molecule has 92 valence electrons. The largest absolute Gasteiger partial charge is 0.384 e. The number of methoxy groups -OCH3 is 1. The van der Waals surface area contributed by atoms with E-state index < -0.39 is 0 Å². The SMILES string of the molecule is COCCSc1nc2sc(C)c(C)c2c(=O)[nH]1. The van der Waals surface area contributed by atoms with Crippen molar-refractivity contribution in [2.45, 2.75) is 19.0 Å². The van der Waals surface area contributed by atoms with Crippen molar-refractivity contribution >= 4 is 33.3 Å². The molecule has 0 radical (unpaired) electrons. The molecule has 0 unspecified atom stereocenters. The molecule has 2 rings (SSSR count). The van der Waals surface area contributed by atoms with Crippen molar-refractivity contribution in [1.29, 1.82) is 0 Å². The number of rotatable bonds is 4. The number of H-pyrrole nitrogens is 1. The third-order valence-corrected chi connectivity index (χ3v) is 4.48. The zero-order chi connectivity index (χ0) is 12.4. The third-order valence-electron chi connectivity index (χ3n) is 2.54. The second kappa shape index (κ2) is 5.20. The Labute approximate surface area is 107 Å². The Morgan fingerprint density at radius 2 is 2.24 bits per heavy atom. The summed E-state index contributed by atoms with van der Waals surface area (Å²) in [6.07, 6.45) is 0. The first-order valence-corrected chi connectivity index (χ1v) is 7.05. The fourth-order valence-corrected chi connectivity index (χ4v) is 3.38. The van der Waals surface area contributed by atoms with Gasteiger partial charge in [-0.2, -0.15) is 0 Å². The number of nitrogens with zero attached hydrogens (tertiary/aromatic N) is 1. The van der Waals surface area contributed by atoms with Gasteiger partial charge in [-0.05, 0) is 19.4 Å².